The van der Waals surface area contributed by atoms with Crippen molar-refractivity contribution < 1.29 is 14.4 Å². The molecule has 28 heavy (non-hydrogen) atoms. The van der Waals surface area contributed by atoms with E-state index in [1.807, 2.05) is 24.5 Å². The zero-order valence-corrected chi connectivity index (χ0v) is 15.5. The van der Waals surface area contributed by atoms with Crippen LogP contribution >= 0.6 is 0 Å². The Morgan fingerprint density at radius 1 is 1.29 bits per heavy atom. The highest BCUT2D eigenvalue weighted by atomic mass is 16.2. The lowest BCUT2D eigenvalue weighted by molar-refractivity contribution is -0.133. The van der Waals surface area contributed by atoms with Crippen LogP contribution in [0.4, 0.5) is 4.79 Å². The summed E-state index contributed by atoms with van der Waals surface area (Å²) in [6.07, 6.45) is 9.15. The van der Waals surface area contributed by atoms with E-state index >= 15 is 0 Å². The van der Waals surface area contributed by atoms with Crippen molar-refractivity contribution in [3.8, 4) is 0 Å². The van der Waals surface area contributed by atoms with Gasteiger partial charge in [0, 0.05) is 43.8 Å². The number of imidazole rings is 1. The first-order valence-corrected chi connectivity index (χ1v) is 9.36. The molecule has 2 aromatic heterocycles. The van der Waals surface area contributed by atoms with Crippen LogP contribution in [0.1, 0.15) is 30.1 Å². The number of amides is 4. The summed E-state index contributed by atoms with van der Waals surface area (Å²) in [6, 6.07) is 3.43. The van der Waals surface area contributed by atoms with Gasteiger partial charge in [0.25, 0.3) is 0 Å². The standard InChI is InChI=1S/C19H22N6O3/c26-16-12-25(19(28)22-16)13-17(27)23-7-2-4-15(11-23)18-21-6-8-24(18)10-14-3-1-5-20-9-14/h1,3,5-6,8-9,15H,2,4,7,10-13H2,(H,22,26,28)/t15-/m0/s1. The molecule has 1 N–H and O–H groups in total. The lowest BCUT2D eigenvalue weighted by Gasteiger charge is -2.33. The summed E-state index contributed by atoms with van der Waals surface area (Å²) in [5.41, 5.74) is 1.09. The molecule has 0 bridgehead atoms. The molecule has 0 aliphatic carbocycles. The van der Waals surface area contributed by atoms with Crippen molar-refractivity contribution in [3.05, 3.63) is 48.3 Å². The summed E-state index contributed by atoms with van der Waals surface area (Å²) < 4.78 is 2.10. The van der Waals surface area contributed by atoms with E-state index in [9.17, 15) is 14.4 Å². The normalized spacial score (nSPS) is 19.8. The van der Waals surface area contributed by atoms with Crippen molar-refractivity contribution in [2.45, 2.75) is 25.3 Å². The summed E-state index contributed by atoms with van der Waals surface area (Å²) in [6.45, 7) is 1.77. The van der Waals surface area contributed by atoms with E-state index in [4.69, 9.17) is 0 Å². The summed E-state index contributed by atoms with van der Waals surface area (Å²) >= 11 is 0. The van der Waals surface area contributed by atoms with Crippen LogP contribution in [0.3, 0.4) is 0 Å². The van der Waals surface area contributed by atoms with Gasteiger partial charge < -0.3 is 14.4 Å². The van der Waals surface area contributed by atoms with E-state index in [1.54, 1.807) is 17.3 Å². The monoisotopic (exact) mass is 382 g/mol. The second-order valence-electron chi connectivity index (χ2n) is 7.16. The van der Waals surface area contributed by atoms with Crippen molar-refractivity contribution in [1.82, 2.24) is 29.7 Å². The van der Waals surface area contributed by atoms with E-state index in [1.165, 1.54) is 4.90 Å². The molecule has 4 heterocycles. The smallest absolute Gasteiger partial charge is 0.325 e. The predicted molar refractivity (Wildman–Crippen MR) is 99.2 cm³/mol. The third-order valence-electron chi connectivity index (χ3n) is 5.16. The fraction of sp³-hybridized carbons (Fsp3) is 0.421. The lowest BCUT2D eigenvalue weighted by Crippen LogP contribution is -2.45. The quantitative estimate of drug-likeness (QED) is 0.763. The van der Waals surface area contributed by atoms with Crippen LogP contribution in [0.2, 0.25) is 0 Å². The fourth-order valence-electron chi connectivity index (χ4n) is 3.79. The molecular formula is C19H22N6O3. The Labute approximate surface area is 162 Å². The van der Waals surface area contributed by atoms with Gasteiger partial charge in [0.1, 0.15) is 18.9 Å². The minimum atomic E-state index is -0.501. The van der Waals surface area contributed by atoms with Crippen LogP contribution < -0.4 is 5.32 Å². The maximum absolute atomic E-state index is 12.7. The molecule has 1 atom stereocenters. The number of carbonyl (C=O) groups excluding carboxylic acids is 3. The predicted octanol–water partition coefficient (Wildman–Crippen LogP) is 0.584. The second-order valence-corrected chi connectivity index (χ2v) is 7.16. The summed E-state index contributed by atoms with van der Waals surface area (Å²) in [5.74, 6) is 0.584. The molecule has 0 unspecified atom stereocenters. The summed E-state index contributed by atoms with van der Waals surface area (Å²) in [5, 5.41) is 2.20. The third kappa shape index (κ3) is 3.88. The van der Waals surface area contributed by atoms with Gasteiger partial charge in [-0.1, -0.05) is 6.07 Å². The number of piperidine rings is 1. The van der Waals surface area contributed by atoms with Gasteiger partial charge in [0.2, 0.25) is 11.8 Å². The molecule has 0 radical (unpaired) electrons. The lowest BCUT2D eigenvalue weighted by atomic mass is 9.97. The van der Waals surface area contributed by atoms with Crippen LogP contribution in [0.25, 0.3) is 0 Å². The summed E-state index contributed by atoms with van der Waals surface area (Å²) in [4.78, 5) is 47.3. The first kappa shape index (κ1) is 18.1. The summed E-state index contributed by atoms with van der Waals surface area (Å²) in [7, 11) is 0. The number of urea groups is 1. The van der Waals surface area contributed by atoms with E-state index in [2.05, 4.69) is 19.9 Å². The maximum Gasteiger partial charge on any atom is 0.325 e. The molecule has 9 nitrogen and oxygen atoms in total. The highest BCUT2D eigenvalue weighted by Crippen LogP contribution is 2.26. The van der Waals surface area contributed by atoms with Crippen LogP contribution in [0.5, 0.6) is 0 Å². The molecule has 9 heteroatoms. The highest BCUT2D eigenvalue weighted by Gasteiger charge is 2.32. The number of likely N-dealkylation sites (tertiary alicyclic amines) is 1. The van der Waals surface area contributed by atoms with Crippen molar-refractivity contribution in [3.63, 3.8) is 0 Å². The average molecular weight is 382 g/mol. The third-order valence-corrected chi connectivity index (χ3v) is 5.16. The maximum atomic E-state index is 12.7. The van der Waals surface area contributed by atoms with Crippen molar-refractivity contribution in [1.29, 1.82) is 0 Å². The Hall–Kier alpha value is -3.23. The van der Waals surface area contributed by atoms with Gasteiger partial charge in [0.15, 0.2) is 0 Å². The Bertz CT molecular complexity index is 881. The first-order chi connectivity index (χ1) is 13.6. The number of nitrogens with zero attached hydrogens (tertiary/aromatic N) is 5. The number of hydrogen-bond acceptors (Lipinski definition) is 5. The number of imide groups is 1. The van der Waals surface area contributed by atoms with Crippen LogP contribution in [0.15, 0.2) is 36.9 Å². The second kappa shape index (κ2) is 7.79. The molecule has 2 fully saturated rings. The largest absolute Gasteiger partial charge is 0.340 e. The molecule has 146 valence electrons. The van der Waals surface area contributed by atoms with E-state index in [-0.39, 0.29) is 30.8 Å². The SMILES string of the molecule is O=C1CN(CC(=O)N2CCC[C@H](c3nccn3Cc3cccnc3)C2)C(=O)N1. The van der Waals surface area contributed by atoms with E-state index in [0.29, 0.717) is 19.6 Å². The number of pyridine rings is 1. The van der Waals surface area contributed by atoms with Gasteiger partial charge in [-0.25, -0.2) is 9.78 Å². The Balaban J connectivity index is 1.42. The topological polar surface area (TPSA) is 100 Å². The Morgan fingerprint density at radius 2 is 2.18 bits per heavy atom. The molecule has 4 amide bonds. The van der Waals surface area contributed by atoms with Gasteiger partial charge >= 0.3 is 6.03 Å². The van der Waals surface area contributed by atoms with Gasteiger partial charge in [0.05, 0.1) is 6.54 Å². The zero-order chi connectivity index (χ0) is 19.5. The molecule has 2 saturated heterocycles. The molecule has 0 spiro atoms. The van der Waals surface area contributed by atoms with Crippen molar-refractivity contribution in [2.75, 3.05) is 26.2 Å². The molecule has 0 aromatic carbocycles. The fourth-order valence-corrected chi connectivity index (χ4v) is 3.79. The number of rotatable bonds is 5. The van der Waals surface area contributed by atoms with Crippen LogP contribution in [0, 0.1) is 0 Å². The Morgan fingerprint density at radius 3 is 2.93 bits per heavy atom. The average Bonchev–Trinajstić information content (AvgIpc) is 3.28. The minimum absolute atomic E-state index is 0.0582. The molecule has 2 aliphatic heterocycles. The van der Waals surface area contributed by atoms with E-state index < -0.39 is 6.03 Å². The molecule has 2 aliphatic rings. The van der Waals surface area contributed by atoms with Gasteiger partial charge in [-0.3, -0.25) is 19.9 Å². The van der Waals surface area contributed by atoms with Gasteiger partial charge in [-0.15, -0.1) is 0 Å². The molecule has 0 saturated carbocycles. The first-order valence-electron chi connectivity index (χ1n) is 9.36. The van der Waals surface area contributed by atoms with E-state index in [0.717, 1.165) is 24.2 Å². The number of carbonyl (C=O) groups is 3. The number of hydrogen-bond donors (Lipinski definition) is 1. The highest BCUT2D eigenvalue weighted by molar-refractivity contribution is 6.03. The van der Waals surface area contributed by atoms with Gasteiger partial charge in [-0.05, 0) is 24.5 Å². The van der Waals surface area contributed by atoms with Gasteiger partial charge in [-0.2, -0.15) is 0 Å². The Kier molecular flexibility index (Phi) is 5.05. The zero-order valence-electron chi connectivity index (χ0n) is 15.5. The number of aromatic nitrogens is 3. The minimum Gasteiger partial charge on any atom is -0.340 e. The molecular weight excluding hydrogens is 360 g/mol. The van der Waals surface area contributed by atoms with Crippen molar-refractivity contribution >= 4 is 17.8 Å². The number of nitrogens with one attached hydrogen (secondary N) is 1. The van der Waals surface area contributed by atoms with Crippen molar-refractivity contribution in [2.24, 2.45) is 0 Å². The van der Waals surface area contributed by atoms with Crippen LogP contribution in [-0.2, 0) is 16.1 Å². The molecule has 2 aromatic rings. The van der Waals surface area contributed by atoms with Crippen LogP contribution in [-0.4, -0.2) is 68.4 Å². The molecule has 4 rings (SSSR count).